The second-order valence-corrected chi connectivity index (χ2v) is 6.03. The van der Waals surface area contributed by atoms with Gasteiger partial charge in [0.1, 0.15) is 0 Å². The molecular formula is C15H31N3O. The zero-order valence-electron chi connectivity index (χ0n) is 12.8. The van der Waals surface area contributed by atoms with Crippen LogP contribution in [-0.2, 0) is 4.79 Å². The minimum atomic E-state index is 0.132. The maximum Gasteiger partial charge on any atom is 0.221 e. The second kappa shape index (κ2) is 8.54. The summed E-state index contributed by atoms with van der Waals surface area (Å²) in [6.45, 7) is 5.71. The molecule has 3 N–H and O–H groups in total. The Hall–Kier alpha value is -0.610. The molecule has 1 aliphatic carbocycles. The highest BCUT2D eigenvalue weighted by Crippen LogP contribution is 2.27. The molecular weight excluding hydrogens is 238 g/mol. The van der Waals surface area contributed by atoms with Crippen molar-refractivity contribution < 1.29 is 4.79 Å². The maximum atomic E-state index is 11.8. The van der Waals surface area contributed by atoms with E-state index in [-0.39, 0.29) is 11.9 Å². The van der Waals surface area contributed by atoms with Gasteiger partial charge in [0.15, 0.2) is 0 Å². The molecule has 19 heavy (non-hydrogen) atoms. The van der Waals surface area contributed by atoms with Crippen molar-refractivity contribution in [3.05, 3.63) is 0 Å². The van der Waals surface area contributed by atoms with Crippen molar-refractivity contribution in [1.29, 1.82) is 0 Å². The van der Waals surface area contributed by atoms with E-state index in [9.17, 15) is 4.79 Å². The topological polar surface area (TPSA) is 58.4 Å². The van der Waals surface area contributed by atoms with E-state index in [1.807, 2.05) is 0 Å². The van der Waals surface area contributed by atoms with Gasteiger partial charge in [-0.05, 0) is 32.2 Å². The fourth-order valence-electron chi connectivity index (χ4n) is 3.01. The van der Waals surface area contributed by atoms with Gasteiger partial charge in [-0.25, -0.2) is 0 Å². The summed E-state index contributed by atoms with van der Waals surface area (Å²) in [6.07, 6.45) is 6.63. The monoisotopic (exact) mass is 269 g/mol. The van der Waals surface area contributed by atoms with Crippen LogP contribution in [0.1, 0.15) is 52.4 Å². The molecule has 4 heteroatoms. The molecule has 0 aromatic carbocycles. The maximum absolute atomic E-state index is 11.8. The van der Waals surface area contributed by atoms with E-state index in [4.69, 9.17) is 5.73 Å². The van der Waals surface area contributed by atoms with Gasteiger partial charge in [0.25, 0.3) is 0 Å². The molecule has 1 rings (SSSR count). The van der Waals surface area contributed by atoms with Crippen LogP contribution >= 0.6 is 0 Å². The van der Waals surface area contributed by atoms with Gasteiger partial charge in [0.2, 0.25) is 5.91 Å². The van der Waals surface area contributed by atoms with Crippen LogP contribution in [0.3, 0.4) is 0 Å². The highest BCUT2D eigenvalue weighted by molar-refractivity contribution is 5.76. The number of amides is 1. The molecule has 112 valence electrons. The first-order valence-corrected chi connectivity index (χ1v) is 7.77. The first kappa shape index (κ1) is 16.4. The molecule has 0 aliphatic heterocycles. The molecule has 0 radical (unpaired) electrons. The van der Waals surface area contributed by atoms with E-state index < -0.39 is 0 Å². The van der Waals surface area contributed by atoms with Crippen LogP contribution in [0, 0.1) is 5.92 Å². The average molecular weight is 269 g/mol. The Kier molecular flexibility index (Phi) is 7.39. The lowest BCUT2D eigenvalue weighted by molar-refractivity contribution is -0.122. The van der Waals surface area contributed by atoms with Gasteiger partial charge in [-0.2, -0.15) is 0 Å². The third-order valence-electron chi connectivity index (χ3n) is 4.33. The zero-order valence-corrected chi connectivity index (χ0v) is 12.8. The predicted octanol–water partition coefficient (Wildman–Crippen LogP) is 1.74. The van der Waals surface area contributed by atoms with Crippen molar-refractivity contribution in [3.8, 4) is 0 Å². The van der Waals surface area contributed by atoms with Crippen molar-refractivity contribution in [2.45, 2.75) is 64.5 Å². The molecule has 0 spiro atoms. The van der Waals surface area contributed by atoms with E-state index >= 15 is 0 Å². The van der Waals surface area contributed by atoms with Crippen molar-refractivity contribution in [1.82, 2.24) is 10.2 Å². The third-order valence-corrected chi connectivity index (χ3v) is 4.33. The van der Waals surface area contributed by atoms with Gasteiger partial charge in [0.05, 0.1) is 0 Å². The van der Waals surface area contributed by atoms with Crippen molar-refractivity contribution in [2.24, 2.45) is 11.7 Å². The fraction of sp³-hybridized carbons (Fsp3) is 0.933. The minimum Gasteiger partial charge on any atom is -0.356 e. The Morgan fingerprint density at radius 3 is 2.79 bits per heavy atom. The number of hydrogen-bond donors (Lipinski definition) is 2. The largest absolute Gasteiger partial charge is 0.356 e. The molecule has 0 bridgehead atoms. The number of nitrogens with two attached hydrogens (primary N) is 1. The number of carbonyl (C=O) groups is 1. The molecule has 0 saturated heterocycles. The van der Waals surface area contributed by atoms with Crippen molar-refractivity contribution >= 4 is 5.91 Å². The summed E-state index contributed by atoms with van der Waals surface area (Å²) in [5, 5.41) is 2.94. The molecule has 0 aromatic heterocycles. The summed E-state index contributed by atoms with van der Waals surface area (Å²) in [6, 6.07) is 0.767. The molecule has 1 aliphatic rings. The molecule has 3 atom stereocenters. The van der Waals surface area contributed by atoms with Crippen LogP contribution in [-0.4, -0.2) is 43.0 Å². The lowest BCUT2D eigenvalue weighted by atomic mass is 9.85. The SMILES string of the molecule is CCCNC(=O)CC(CN)N(C)C1CCCC(C)C1. The molecule has 4 nitrogen and oxygen atoms in total. The van der Waals surface area contributed by atoms with Gasteiger partial charge >= 0.3 is 0 Å². The second-order valence-electron chi connectivity index (χ2n) is 6.03. The lowest BCUT2D eigenvalue weighted by Crippen LogP contribution is -2.48. The van der Waals surface area contributed by atoms with Gasteiger partial charge in [-0.3, -0.25) is 9.69 Å². The average Bonchev–Trinajstić information content (AvgIpc) is 2.41. The molecule has 1 amide bonds. The number of rotatable bonds is 7. The summed E-state index contributed by atoms with van der Waals surface area (Å²) < 4.78 is 0. The van der Waals surface area contributed by atoms with E-state index in [2.05, 4.69) is 31.1 Å². The summed E-state index contributed by atoms with van der Waals surface area (Å²) in [4.78, 5) is 14.2. The van der Waals surface area contributed by atoms with Gasteiger partial charge < -0.3 is 11.1 Å². The molecule has 1 fully saturated rings. The van der Waals surface area contributed by atoms with Crippen LogP contribution < -0.4 is 11.1 Å². The van der Waals surface area contributed by atoms with Crippen LogP contribution in [0.25, 0.3) is 0 Å². The minimum absolute atomic E-state index is 0.132. The molecule has 0 heterocycles. The molecule has 1 saturated carbocycles. The first-order valence-electron chi connectivity index (χ1n) is 7.77. The van der Waals surface area contributed by atoms with E-state index in [1.54, 1.807) is 0 Å². The Morgan fingerprint density at radius 2 is 2.21 bits per heavy atom. The van der Waals surface area contributed by atoms with Crippen molar-refractivity contribution in [2.75, 3.05) is 20.1 Å². The molecule has 0 aromatic rings. The normalized spacial score (nSPS) is 25.3. The Balaban J connectivity index is 2.46. The number of likely N-dealkylation sites (N-methyl/N-ethyl adjacent to an activating group) is 1. The van der Waals surface area contributed by atoms with Gasteiger partial charge in [-0.1, -0.05) is 26.7 Å². The highest BCUT2D eigenvalue weighted by atomic mass is 16.1. The first-order chi connectivity index (χ1) is 9.08. The van der Waals surface area contributed by atoms with E-state index in [0.717, 1.165) is 18.9 Å². The van der Waals surface area contributed by atoms with E-state index in [0.29, 0.717) is 19.0 Å². The summed E-state index contributed by atoms with van der Waals surface area (Å²) in [5.74, 6) is 0.932. The molecule has 3 unspecified atom stereocenters. The van der Waals surface area contributed by atoms with Crippen LogP contribution in [0.2, 0.25) is 0 Å². The van der Waals surface area contributed by atoms with Crippen LogP contribution in [0.5, 0.6) is 0 Å². The summed E-state index contributed by atoms with van der Waals surface area (Å²) in [7, 11) is 2.13. The van der Waals surface area contributed by atoms with Gasteiger partial charge in [-0.15, -0.1) is 0 Å². The zero-order chi connectivity index (χ0) is 14.3. The number of nitrogens with zero attached hydrogens (tertiary/aromatic N) is 1. The summed E-state index contributed by atoms with van der Waals surface area (Å²) in [5.41, 5.74) is 5.87. The summed E-state index contributed by atoms with van der Waals surface area (Å²) >= 11 is 0. The van der Waals surface area contributed by atoms with E-state index in [1.165, 1.54) is 25.7 Å². The Bertz CT molecular complexity index is 270. The fourth-order valence-corrected chi connectivity index (χ4v) is 3.01. The quantitative estimate of drug-likeness (QED) is 0.740. The predicted molar refractivity (Wildman–Crippen MR) is 79.9 cm³/mol. The van der Waals surface area contributed by atoms with Crippen LogP contribution in [0.4, 0.5) is 0 Å². The Morgan fingerprint density at radius 1 is 1.47 bits per heavy atom. The standard InChI is InChI=1S/C15H31N3O/c1-4-8-17-15(19)10-14(11-16)18(3)13-7-5-6-12(2)9-13/h12-14H,4-11,16H2,1-3H3,(H,17,19). The number of nitrogens with one attached hydrogen (secondary N) is 1. The smallest absolute Gasteiger partial charge is 0.221 e. The Labute approximate surface area is 118 Å². The number of hydrogen-bond acceptors (Lipinski definition) is 3. The van der Waals surface area contributed by atoms with Crippen LogP contribution in [0.15, 0.2) is 0 Å². The third kappa shape index (κ3) is 5.49. The van der Waals surface area contributed by atoms with Crippen molar-refractivity contribution in [3.63, 3.8) is 0 Å². The van der Waals surface area contributed by atoms with Gasteiger partial charge in [0, 0.05) is 31.6 Å². The number of carbonyl (C=O) groups excluding carboxylic acids is 1. The highest BCUT2D eigenvalue weighted by Gasteiger charge is 2.27. The lowest BCUT2D eigenvalue weighted by Gasteiger charge is -2.38.